The number of nitrogens with one attached hydrogen (secondary N) is 1. The Morgan fingerprint density at radius 3 is 2.56 bits per heavy atom. The molecule has 2 N–H and O–H groups in total. The first kappa shape index (κ1) is 20.2. The second kappa shape index (κ2) is 8.48. The van der Waals surface area contributed by atoms with Crippen LogP contribution in [0.3, 0.4) is 0 Å². The van der Waals surface area contributed by atoms with Crippen molar-refractivity contribution in [2.75, 3.05) is 13.1 Å². The quantitative estimate of drug-likeness (QED) is 0.767. The second-order valence-electron chi connectivity index (χ2n) is 6.30. The van der Waals surface area contributed by atoms with Crippen LogP contribution in [-0.2, 0) is 9.59 Å². The van der Waals surface area contributed by atoms with Crippen molar-refractivity contribution in [1.29, 1.82) is 0 Å². The summed E-state index contributed by atoms with van der Waals surface area (Å²) in [6.45, 7) is 6.75. The van der Waals surface area contributed by atoms with Crippen LogP contribution in [0.5, 0.6) is 0 Å². The highest BCUT2D eigenvalue weighted by atomic mass is 16.4. The van der Waals surface area contributed by atoms with Crippen LogP contribution in [0.1, 0.15) is 35.6 Å². The molecule has 1 atom stereocenters. The third kappa shape index (κ3) is 4.52. The maximum absolute atomic E-state index is 13.1. The lowest BCUT2D eigenvalue weighted by Crippen LogP contribution is -2.46. The Labute approximate surface area is 157 Å². The fourth-order valence-corrected chi connectivity index (χ4v) is 2.93. The lowest BCUT2D eigenvalue weighted by molar-refractivity contribution is -0.141. The Kier molecular flexibility index (Phi) is 6.33. The smallest absolute Gasteiger partial charge is 0.326 e. The molecule has 2 amide bonds. The molecule has 0 saturated heterocycles. The monoisotopic (exact) mass is 372 g/mol. The SMILES string of the molecule is CC(=O)NCCN(C(=O)c1cc(C)n(-c2ccccn2)c1C)C(C)C(=O)O. The van der Waals surface area contributed by atoms with Gasteiger partial charge in [-0.2, -0.15) is 0 Å². The first-order valence-electron chi connectivity index (χ1n) is 8.62. The van der Waals surface area contributed by atoms with Gasteiger partial charge in [0, 0.05) is 37.6 Å². The summed E-state index contributed by atoms with van der Waals surface area (Å²) in [5.74, 6) is -1.06. The summed E-state index contributed by atoms with van der Waals surface area (Å²) in [4.78, 5) is 41.2. The highest BCUT2D eigenvalue weighted by molar-refractivity contribution is 5.98. The Hall–Kier alpha value is -3.16. The zero-order valence-corrected chi connectivity index (χ0v) is 15.9. The lowest BCUT2D eigenvalue weighted by Gasteiger charge is -2.26. The molecule has 2 rings (SSSR count). The number of aliphatic carboxylic acids is 1. The van der Waals surface area contributed by atoms with Gasteiger partial charge < -0.3 is 19.9 Å². The lowest BCUT2D eigenvalue weighted by atomic mass is 10.1. The minimum absolute atomic E-state index is 0.0964. The third-order valence-corrected chi connectivity index (χ3v) is 4.35. The summed E-state index contributed by atoms with van der Waals surface area (Å²) >= 11 is 0. The number of rotatable bonds is 7. The van der Waals surface area contributed by atoms with E-state index in [9.17, 15) is 19.5 Å². The topological polar surface area (TPSA) is 105 Å². The van der Waals surface area contributed by atoms with Gasteiger partial charge in [0.1, 0.15) is 11.9 Å². The van der Waals surface area contributed by atoms with E-state index in [0.29, 0.717) is 17.1 Å². The van der Waals surface area contributed by atoms with E-state index in [4.69, 9.17) is 0 Å². The van der Waals surface area contributed by atoms with E-state index in [1.54, 1.807) is 19.2 Å². The van der Waals surface area contributed by atoms with Crippen molar-refractivity contribution < 1.29 is 19.5 Å². The number of hydrogen-bond donors (Lipinski definition) is 2. The van der Waals surface area contributed by atoms with Crippen molar-refractivity contribution in [2.45, 2.75) is 33.7 Å². The number of hydrogen-bond acceptors (Lipinski definition) is 4. The number of amides is 2. The van der Waals surface area contributed by atoms with Crippen LogP contribution in [-0.4, -0.2) is 56.5 Å². The van der Waals surface area contributed by atoms with Crippen molar-refractivity contribution in [2.24, 2.45) is 0 Å². The number of carbonyl (C=O) groups is 3. The molecular formula is C19H24N4O4. The predicted molar refractivity (Wildman–Crippen MR) is 99.9 cm³/mol. The van der Waals surface area contributed by atoms with Gasteiger partial charge in [0.2, 0.25) is 5.91 Å². The third-order valence-electron chi connectivity index (χ3n) is 4.35. The van der Waals surface area contributed by atoms with Crippen LogP contribution in [0.2, 0.25) is 0 Å². The van der Waals surface area contributed by atoms with Crippen LogP contribution in [0.15, 0.2) is 30.5 Å². The molecule has 0 spiro atoms. The number of pyridine rings is 1. The molecule has 0 bridgehead atoms. The fourth-order valence-electron chi connectivity index (χ4n) is 2.93. The van der Waals surface area contributed by atoms with Gasteiger partial charge in [0.05, 0.1) is 5.56 Å². The van der Waals surface area contributed by atoms with E-state index >= 15 is 0 Å². The van der Waals surface area contributed by atoms with Gasteiger partial charge in [-0.05, 0) is 39.0 Å². The van der Waals surface area contributed by atoms with E-state index in [1.807, 2.05) is 29.7 Å². The highest BCUT2D eigenvalue weighted by Crippen LogP contribution is 2.21. The molecule has 0 fully saturated rings. The van der Waals surface area contributed by atoms with Crippen LogP contribution in [0.4, 0.5) is 0 Å². The number of nitrogens with zero attached hydrogens (tertiary/aromatic N) is 3. The van der Waals surface area contributed by atoms with Gasteiger partial charge in [0.15, 0.2) is 0 Å². The molecule has 1 unspecified atom stereocenters. The molecule has 0 aliphatic rings. The molecule has 2 aromatic rings. The first-order valence-corrected chi connectivity index (χ1v) is 8.62. The van der Waals surface area contributed by atoms with E-state index in [2.05, 4.69) is 10.3 Å². The molecule has 0 radical (unpaired) electrons. The molecule has 8 nitrogen and oxygen atoms in total. The summed E-state index contributed by atoms with van der Waals surface area (Å²) in [6, 6.07) is 6.20. The van der Waals surface area contributed by atoms with Gasteiger partial charge in [0.25, 0.3) is 5.91 Å². The van der Waals surface area contributed by atoms with Crippen molar-refractivity contribution in [3.05, 3.63) is 47.4 Å². The first-order chi connectivity index (χ1) is 12.7. The second-order valence-corrected chi connectivity index (χ2v) is 6.30. The standard InChI is InChI=1S/C19H24N4O4/c1-12-11-16(13(2)23(12)17-7-5-6-8-21-17)18(25)22(14(3)19(26)27)10-9-20-15(4)24/h5-8,11,14H,9-10H2,1-4H3,(H,20,24)(H,26,27). The number of carboxylic acids is 1. The average Bonchev–Trinajstić information content (AvgIpc) is 2.92. The van der Waals surface area contributed by atoms with Crippen molar-refractivity contribution >= 4 is 17.8 Å². The number of carbonyl (C=O) groups excluding carboxylic acids is 2. The van der Waals surface area contributed by atoms with Crippen LogP contribution in [0, 0.1) is 13.8 Å². The number of aromatic nitrogens is 2. The summed E-state index contributed by atoms with van der Waals surface area (Å²) in [6.07, 6.45) is 1.67. The summed E-state index contributed by atoms with van der Waals surface area (Å²) in [5.41, 5.74) is 1.91. The Morgan fingerprint density at radius 1 is 1.30 bits per heavy atom. The highest BCUT2D eigenvalue weighted by Gasteiger charge is 2.29. The fraction of sp³-hybridized carbons (Fsp3) is 0.368. The van der Waals surface area contributed by atoms with Crippen molar-refractivity contribution in [1.82, 2.24) is 19.8 Å². The van der Waals surface area contributed by atoms with Gasteiger partial charge in [-0.3, -0.25) is 9.59 Å². The molecule has 2 aromatic heterocycles. The summed E-state index contributed by atoms with van der Waals surface area (Å²) in [5, 5.41) is 12.0. The Balaban J connectivity index is 2.37. The molecule has 0 saturated carbocycles. The molecular weight excluding hydrogens is 348 g/mol. The van der Waals surface area contributed by atoms with E-state index in [0.717, 1.165) is 5.69 Å². The van der Waals surface area contributed by atoms with E-state index in [-0.39, 0.29) is 19.0 Å². The molecule has 0 aromatic carbocycles. The average molecular weight is 372 g/mol. The molecule has 8 heteroatoms. The Bertz CT molecular complexity index is 845. The minimum atomic E-state index is -1.11. The minimum Gasteiger partial charge on any atom is -0.480 e. The summed E-state index contributed by atoms with van der Waals surface area (Å²) in [7, 11) is 0. The van der Waals surface area contributed by atoms with Crippen molar-refractivity contribution in [3.63, 3.8) is 0 Å². The zero-order valence-electron chi connectivity index (χ0n) is 15.9. The molecule has 2 heterocycles. The zero-order chi connectivity index (χ0) is 20.1. The van der Waals surface area contributed by atoms with Gasteiger partial charge in [-0.25, -0.2) is 9.78 Å². The Morgan fingerprint density at radius 2 is 2.00 bits per heavy atom. The molecule has 0 aliphatic heterocycles. The van der Waals surface area contributed by atoms with Crippen molar-refractivity contribution in [3.8, 4) is 5.82 Å². The van der Waals surface area contributed by atoms with Gasteiger partial charge >= 0.3 is 5.97 Å². The maximum atomic E-state index is 13.1. The number of aryl methyl sites for hydroxylation is 1. The van der Waals surface area contributed by atoms with Crippen LogP contribution >= 0.6 is 0 Å². The normalized spacial score (nSPS) is 11.7. The molecule has 27 heavy (non-hydrogen) atoms. The largest absolute Gasteiger partial charge is 0.480 e. The van der Waals surface area contributed by atoms with Gasteiger partial charge in [-0.15, -0.1) is 0 Å². The van der Waals surface area contributed by atoms with Gasteiger partial charge in [-0.1, -0.05) is 6.07 Å². The number of carboxylic acid groups (broad SMARTS) is 1. The van der Waals surface area contributed by atoms with Crippen LogP contribution in [0.25, 0.3) is 5.82 Å². The molecule has 144 valence electrons. The predicted octanol–water partition coefficient (Wildman–Crippen LogP) is 1.54. The van der Waals surface area contributed by atoms with E-state index < -0.39 is 17.9 Å². The van der Waals surface area contributed by atoms with Crippen LogP contribution < -0.4 is 5.32 Å². The summed E-state index contributed by atoms with van der Waals surface area (Å²) < 4.78 is 1.85. The maximum Gasteiger partial charge on any atom is 0.326 e. The van der Waals surface area contributed by atoms with E-state index in [1.165, 1.54) is 18.7 Å². The molecule has 0 aliphatic carbocycles.